The van der Waals surface area contributed by atoms with Crippen LogP contribution in [-0.2, 0) is 5.60 Å². The molecule has 1 aliphatic carbocycles. The van der Waals surface area contributed by atoms with Gasteiger partial charge in [-0.25, -0.2) is 0 Å². The van der Waals surface area contributed by atoms with E-state index in [9.17, 15) is 5.11 Å². The van der Waals surface area contributed by atoms with E-state index in [1.54, 1.807) is 0 Å². The molecule has 15 heavy (non-hydrogen) atoms. The maximum absolute atomic E-state index is 10.6. The van der Waals surface area contributed by atoms with Crippen LogP contribution in [0.1, 0.15) is 31.7 Å². The standard InChI is InChI=1S/C14H18O/c1-11-7-6-10-13(11)14(2,15)12-8-4-3-5-9-12/h3-5,8-9,13,15H,1,6-7,10H2,2H3. The first-order valence-electron chi connectivity index (χ1n) is 5.58. The Morgan fingerprint density at radius 3 is 2.53 bits per heavy atom. The second kappa shape index (κ2) is 3.82. The molecule has 80 valence electrons. The highest BCUT2D eigenvalue weighted by Gasteiger charge is 2.37. The second-order valence-electron chi connectivity index (χ2n) is 4.62. The monoisotopic (exact) mass is 202 g/mol. The van der Waals surface area contributed by atoms with Gasteiger partial charge >= 0.3 is 0 Å². The van der Waals surface area contributed by atoms with E-state index < -0.39 is 5.60 Å². The highest BCUT2D eigenvalue weighted by molar-refractivity contribution is 5.26. The van der Waals surface area contributed by atoms with E-state index in [0.29, 0.717) is 0 Å². The molecular weight excluding hydrogens is 184 g/mol. The Hall–Kier alpha value is -1.08. The van der Waals surface area contributed by atoms with Crippen LogP contribution in [0.4, 0.5) is 0 Å². The smallest absolute Gasteiger partial charge is 0.0933 e. The minimum Gasteiger partial charge on any atom is -0.385 e. The number of hydrogen-bond donors (Lipinski definition) is 1. The first-order chi connectivity index (χ1) is 7.12. The molecule has 1 aromatic rings. The van der Waals surface area contributed by atoms with Crippen molar-refractivity contribution in [2.45, 2.75) is 31.8 Å². The summed E-state index contributed by atoms with van der Waals surface area (Å²) in [6, 6.07) is 9.91. The van der Waals surface area contributed by atoms with Crippen LogP contribution in [0, 0.1) is 5.92 Å². The van der Waals surface area contributed by atoms with E-state index in [2.05, 4.69) is 6.58 Å². The molecule has 2 rings (SSSR count). The summed E-state index contributed by atoms with van der Waals surface area (Å²) in [5.74, 6) is 0.222. The van der Waals surface area contributed by atoms with Gasteiger partial charge in [-0.15, -0.1) is 0 Å². The van der Waals surface area contributed by atoms with Gasteiger partial charge in [-0.2, -0.15) is 0 Å². The Morgan fingerprint density at radius 2 is 2.00 bits per heavy atom. The molecule has 0 aromatic heterocycles. The quantitative estimate of drug-likeness (QED) is 0.730. The molecule has 0 radical (unpaired) electrons. The van der Waals surface area contributed by atoms with Gasteiger partial charge in [-0.3, -0.25) is 0 Å². The van der Waals surface area contributed by atoms with E-state index in [4.69, 9.17) is 0 Å². The number of rotatable bonds is 2. The molecule has 0 bridgehead atoms. The molecule has 1 aromatic carbocycles. The summed E-state index contributed by atoms with van der Waals surface area (Å²) in [4.78, 5) is 0. The largest absolute Gasteiger partial charge is 0.385 e. The van der Waals surface area contributed by atoms with Crippen LogP contribution in [-0.4, -0.2) is 5.11 Å². The highest BCUT2D eigenvalue weighted by Crippen LogP contribution is 2.42. The molecule has 0 amide bonds. The first kappa shape index (κ1) is 10.4. The molecule has 0 saturated heterocycles. The van der Waals surface area contributed by atoms with Gasteiger partial charge in [0.25, 0.3) is 0 Å². The maximum Gasteiger partial charge on any atom is 0.0933 e. The minimum absolute atomic E-state index is 0.222. The van der Waals surface area contributed by atoms with Crippen molar-refractivity contribution >= 4 is 0 Å². The van der Waals surface area contributed by atoms with Crippen molar-refractivity contribution in [3.63, 3.8) is 0 Å². The summed E-state index contributed by atoms with van der Waals surface area (Å²) in [7, 11) is 0. The predicted molar refractivity (Wildman–Crippen MR) is 62.5 cm³/mol. The molecule has 2 unspecified atom stereocenters. The third kappa shape index (κ3) is 1.84. The van der Waals surface area contributed by atoms with Crippen LogP contribution in [0.5, 0.6) is 0 Å². The fraction of sp³-hybridized carbons (Fsp3) is 0.429. The van der Waals surface area contributed by atoms with Gasteiger partial charge in [0.05, 0.1) is 5.60 Å². The number of aliphatic hydroxyl groups is 1. The lowest BCUT2D eigenvalue weighted by atomic mass is 9.80. The summed E-state index contributed by atoms with van der Waals surface area (Å²) >= 11 is 0. The Morgan fingerprint density at radius 1 is 1.33 bits per heavy atom. The van der Waals surface area contributed by atoms with E-state index in [1.807, 2.05) is 37.3 Å². The van der Waals surface area contributed by atoms with Crippen molar-refractivity contribution in [1.82, 2.24) is 0 Å². The zero-order chi connectivity index (χ0) is 10.9. The van der Waals surface area contributed by atoms with Gasteiger partial charge in [0.2, 0.25) is 0 Å². The summed E-state index contributed by atoms with van der Waals surface area (Å²) in [5.41, 5.74) is 1.44. The van der Waals surface area contributed by atoms with Crippen LogP contribution < -0.4 is 0 Å². The van der Waals surface area contributed by atoms with Crippen LogP contribution in [0.25, 0.3) is 0 Å². The topological polar surface area (TPSA) is 20.2 Å². The lowest BCUT2D eigenvalue weighted by Crippen LogP contribution is -2.30. The van der Waals surface area contributed by atoms with Gasteiger partial charge in [0.1, 0.15) is 0 Å². The fourth-order valence-electron chi connectivity index (χ4n) is 2.57. The zero-order valence-electron chi connectivity index (χ0n) is 9.24. The van der Waals surface area contributed by atoms with Crippen LogP contribution in [0.3, 0.4) is 0 Å². The molecule has 1 N–H and O–H groups in total. The molecule has 1 aliphatic rings. The van der Waals surface area contributed by atoms with Gasteiger partial charge in [0, 0.05) is 5.92 Å². The average molecular weight is 202 g/mol. The van der Waals surface area contributed by atoms with E-state index in [0.717, 1.165) is 24.8 Å². The first-order valence-corrected chi connectivity index (χ1v) is 5.58. The van der Waals surface area contributed by atoms with Crippen molar-refractivity contribution in [3.8, 4) is 0 Å². The second-order valence-corrected chi connectivity index (χ2v) is 4.62. The molecule has 1 heteroatoms. The summed E-state index contributed by atoms with van der Waals surface area (Å²) < 4.78 is 0. The summed E-state index contributed by atoms with van der Waals surface area (Å²) in [5, 5.41) is 10.6. The molecular formula is C14H18O. The van der Waals surface area contributed by atoms with Crippen molar-refractivity contribution in [3.05, 3.63) is 48.0 Å². The van der Waals surface area contributed by atoms with E-state index in [1.165, 1.54) is 5.57 Å². The zero-order valence-corrected chi connectivity index (χ0v) is 9.24. The van der Waals surface area contributed by atoms with Crippen LogP contribution >= 0.6 is 0 Å². The molecule has 0 heterocycles. The third-order valence-electron chi connectivity index (χ3n) is 3.52. The van der Waals surface area contributed by atoms with Gasteiger partial charge < -0.3 is 5.11 Å². The minimum atomic E-state index is -0.755. The average Bonchev–Trinajstić information content (AvgIpc) is 2.66. The van der Waals surface area contributed by atoms with Crippen molar-refractivity contribution in [2.75, 3.05) is 0 Å². The fourth-order valence-corrected chi connectivity index (χ4v) is 2.57. The van der Waals surface area contributed by atoms with Crippen LogP contribution in [0.15, 0.2) is 42.5 Å². The Labute approximate surface area is 91.4 Å². The normalized spacial score (nSPS) is 25.2. The maximum atomic E-state index is 10.6. The predicted octanol–water partition coefficient (Wildman–Crippen LogP) is 3.25. The number of benzene rings is 1. The molecule has 0 spiro atoms. The summed E-state index contributed by atoms with van der Waals surface area (Å²) in [6.45, 7) is 5.97. The molecule has 2 atom stereocenters. The highest BCUT2D eigenvalue weighted by atomic mass is 16.3. The Balaban J connectivity index is 2.30. The Bertz CT molecular complexity index is 351. The SMILES string of the molecule is C=C1CCCC1C(C)(O)c1ccccc1. The lowest BCUT2D eigenvalue weighted by Gasteiger charge is -2.31. The Kier molecular flexibility index (Phi) is 2.66. The number of hydrogen-bond acceptors (Lipinski definition) is 1. The van der Waals surface area contributed by atoms with Gasteiger partial charge in [-0.05, 0) is 31.7 Å². The van der Waals surface area contributed by atoms with Gasteiger partial charge in [-0.1, -0.05) is 42.5 Å². The molecule has 1 saturated carbocycles. The van der Waals surface area contributed by atoms with E-state index >= 15 is 0 Å². The molecule has 0 aliphatic heterocycles. The lowest BCUT2D eigenvalue weighted by molar-refractivity contribution is 0.0115. The van der Waals surface area contributed by atoms with E-state index in [-0.39, 0.29) is 5.92 Å². The molecule has 1 fully saturated rings. The van der Waals surface area contributed by atoms with Crippen molar-refractivity contribution < 1.29 is 5.11 Å². The summed E-state index contributed by atoms with van der Waals surface area (Å²) in [6.07, 6.45) is 3.28. The van der Waals surface area contributed by atoms with Crippen molar-refractivity contribution in [1.29, 1.82) is 0 Å². The van der Waals surface area contributed by atoms with Gasteiger partial charge in [0.15, 0.2) is 0 Å². The van der Waals surface area contributed by atoms with Crippen molar-refractivity contribution in [2.24, 2.45) is 5.92 Å². The third-order valence-corrected chi connectivity index (χ3v) is 3.52. The molecule has 1 nitrogen and oxygen atoms in total. The van der Waals surface area contributed by atoms with Crippen LogP contribution in [0.2, 0.25) is 0 Å².